The molecule has 0 bridgehead atoms. The Labute approximate surface area is 84.1 Å². The molecule has 7 nitrogen and oxygen atoms in total. The van der Waals surface area contributed by atoms with E-state index in [4.69, 9.17) is 10.3 Å². The van der Waals surface area contributed by atoms with Crippen LogP contribution in [0.1, 0.15) is 5.69 Å². The number of anilines is 1. The van der Waals surface area contributed by atoms with Gasteiger partial charge in [-0.15, -0.1) is 0 Å². The second-order valence-corrected chi connectivity index (χ2v) is 2.42. The van der Waals surface area contributed by atoms with Gasteiger partial charge in [0.25, 0.3) is 0 Å². The second-order valence-electron chi connectivity index (χ2n) is 2.42. The summed E-state index contributed by atoms with van der Waals surface area (Å²) >= 11 is 0. The molecule has 0 aliphatic heterocycles. The standard InChI is InChI=1S/C8H7N3O4/c12-4-9-6-3-1-2-5(10-6)7(11-15)8(13)14/h1-4,15H,(H,13,14)(H,9,10,12). The van der Waals surface area contributed by atoms with E-state index >= 15 is 0 Å². The molecule has 1 heterocycles. The van der Waals surface area contributed by atoms with E-state index in [1.54, 1.807) is 0 Å². The van der Waals surface area contributed by atoms with Crippen molar-refractivity contribution in [2.75, 3.05) is 5.32 Å². The van der Waals surface area contributed by atoms with E-state index in [-0.39, 0.29) is 11.5 Å². The summed E-state index contributed by atoms with van der Waals surface area (Å²) in [6.45, 7) is 0. The fourth-order valence-electron chi connectivity index (χ4n) is 0.911. The van der Waals surface area contributed by atoms with Crippen molar-refractivity contribution >= 4 is 23.9 Å². The number of carboxylic acids is 1. The molecule has 78 valence electrons. The third-order valence-corrected chi connectivity index (χ3v) is 1.50. The Balaban J connectivity index is 3.09. The van der Waals surface area contributed by atoms with E-state index in [1.165, 1.54) is 18.2 Å². The van der Waals surface area contributed by atoms with Gasteiger partial charge in [0.15, 0.2) is 0 Å². The van der Waals surface area contributed by atoms with Crippen LogP contribution in [-0.4, -0.2) is 33.4 Å². The maximum Gasteiger partial charge on any atom is 0.360 e. The molecule has 0 saturated heterocycles. The lowest BCUT2D eigenvalue weighted by atomic mass is 10.2. The summed E-state index contributed by atoms with van der Waals surface area (Å²) in [5.41, 5.74) is -0.638. The Morgan fingerprint density at radius 1 is 1.53 bits per heavy atom. The first-order valence-corrected chi connectivity index (χ1v) is 3.82. The van der Waals surface area contributed by atoms with Gasteiger partial charge in [0.2, 0.25) is 12.1 Å². The predicted molar refractivity (Wildman–Crippen MR) is 49.9 cm³/mol. The van der Waals surface area contributed by atoms with E-state index < -0.39 is 11.7 Å². The topological polar surface area (TPSA) is 112 Å². The number of carbonyl (C=O) groups excluding carboxylic acids is 1. The molecular weight excluding hydrogens is 202 g/mol. The fourth-order valence-corrected chi connectivity index (χ4v) is 0.911. The van der Waals surface area contributed by atoms with Gasteiger partial charge in [0.05, 0.1) is 0 Å². The van der Waals surface area contributed by atoms with Crippen LogP contribution in [0.15, 0.2) is 23.4 Å². The number of rotatable bonds is 4. The molecule has 0 atom stereocenters. The summed E-state index contributed by atoms with van der Waals surface area (Å²) in [6.07, 6.45) is 0.405. The minimum absolute atomic E-state index is 0.0446. The van der Waals surface area contributed by atoms with Gasteiger partial charge in [0.1, 0.15) is 11.5 Å². The van der Waals surface area contributed by atoms with E-state index in [2.05, 4.69) is 15.5 Å². The zero-order chi connectivity index (χ0) is 11.3. The van der Waals surface area contributed by atoms with Crippen LogP contribution in [0.4, 0.5) is 5.82 Å². The van der Waals surface area contributed by atoms with Crippen molar-refractivity contribution in [3.63, 3.8) is 0 Å². The van der Waals surface area contributed by atoms with Gasteiger partial charge < -0.3 is 15.6 Å². The molecule has 1 amide bonds. The molecule has 15 heavy (non-hydrogen) atoms. The molecule has 1 aromatic heterocycles. The van der Waals surface area contributed by atoms with Gasteiger partial charge in [0, 0.05) is 0 Å². The number of carboxylic acid groups (broad SMARTS) is 1. The number of nitrogens with zero attached hydrogens (tertiary/aromatic N) is 2. The molecule has 1 rings (SSSR count). The molecule has 7 heteroatoms. The van der Waals surface area contributed by atoms with Gasteiger partial charge >= 0.3 is 5.97 Å². The monoisotopic (exact) mass is 209 g/mol. The molecule has 0 spiro atoms. The van der Waals surface area contributed by atoms with Crippen LogP contribution < -0.4 is 5.32 Å². The van der Waals surface area contributed by atoms with Crippen molar-refractivity contribution in [2.45, 2.75) is 0 Å². The highest BCUT2D eigenvalue weighted by atomic mass is 16.4. The summed E-state index contributed by atoms with van der Waals surface area (Å²) in [5, 5.41) is 21.9. The first-order valence-electron chi connectivity index (χ1n) is 3.82. The number of hydrogen-bond acceptors (Lipinski definition) is 5. The van der Waals surface area contributed by atoms with Crippen molar-refractivity contribution in [1.82, 2.24) is 4.98 Å². The zero-order valence-corrected chi connectivity index (χ0v) is 7.41. The molecule has 0 aliphatic carbocycles. The van der Waals surface area contributed by atoms with Gasteiger partial charge in [-0.3, -0.25) is 4.79 Å². The van der Waals surface area contributed by atoms with E-state index in [0.717, 1.165) is 0 Å². The van der Waals surface area contributed by atoms with Crippen molar-refractivity contribution < 1.29 is 19.9 Å². The summed E-state index contributed by atoms with van der Waals surface area (Å²) < 4.78 is 0. The number of carbonyl (C=O) groups is 2. The minimum atomic E-state index is -1.41. The van der Waals surface area contributed by atoms with Crippen LogP contribution in [0, 0.1) is 0 Å². The number of pyridine rings is 1. The molecule has 0 radical (unpaired) electrons. The Bertz CT molecular complexity index is 416. The average Bonchev–Trinajstić information content (AvgIpc) is 2.19. The maximum absolute atomic E-state index is 10.6. The van der Waals surface area contributed by atoms with E-state index in [9.17, 15) is 9.59 Å². The summed E-state index contributed by atoms with van der Waals surface area (Å²) in [6, 6.07) is 4.29. The fraction of sp³-hybridized carbons (Fsp3) is 0. The van der Waals surface area contributed by atoms with Crippen molar-refractivity contribution in [3.05, 3.63) is 23.9 Å². The highest BCUT2D eigenvalue weighted by Gasteiger charge is 2.14. The Kier molecular flexibility index (Phi) is 3.33. The van der Waals surface area contributed by atoms with Crippen LogP contribution in [0.25, 0.3) is 0 Å². The normalized spacial score (nSPS) is 10.8. The highest BCUT2D eigenvalue weighted by molar-refractivity contribution is 6.41. The Hall–Kier alpha value is -2.44. The number of nitrogens with one attached hydrogen (secondary N) is 1. The predicted octanol–water partition coefficient (Wildman–Crippen LogP) is -0.0872. The quantitative estimate of drug-likeness (QED) is 0.278. The molecule has 0 unspecified atom stereocenters. The largest absolute Gasteiger partial charge is 0.476 e. The van der Waals surface area contributed by atoms with E-state index in [1.807, 2.05) is 0 Å². The molecule has 1 aromatic rings. The lowest BCUT2D eigenvalue weighted by molar-refractivity contribution is -0.129. The first kappa shape index (κ1) is 10.6. The second kappa shape index (κ2) is 4.70. The van der Waals surface area contributed by atoms with Crippen molar-refractivity contribution in [1.29, 1.82) is 0 Å². The molecule has 0 fully saturated rings. The van der Waals surface area contributed by atoms with Crippen LogP contribution in [0.3, 0.4) is 0 Å². The minimum Gasteiger partial charge on any atom is -0.476 e. The lowest BCUT2D eigenvalue weighted by Crippen LogP contribution is -2.16. The Morgan fingerprint density at radius 2 is 2.27 bits per heavy atom. The smallest absolute Gasteiger partial charge is 0.360 e. The van der Waals surface area contributed by atoms with Crippen LogP contribution >= 0.6 is 0 Å². The molecule has 0 saturated carbocycles. The van der Waals surface area contributed by atoms with Gasteiger partial charge in [-0.1, -0.05) is 11.2 Å². The summed E-state index contributed by atoms with van der Waals surface area (Å²) in [4.78, 5) is 24.4. The molecule has 0 aliphatic rings. The van der Waals surface area contributed by atoms with Gasteiger partial charge in [-0.25, -0.2) is 9.78 Å². The number of aromatic nitrogens is 1. The zero-order valence-electron chi connectivity index (χ0n) is 7.41. The van der Waals surface area contributed by atoms with Crippen molar-refractivity contribution in [3.8, 4) is 0 Å². The number of amides is 1. The van der Waals surface area contributed by atoms with Crippen LogP contribution in [-0.2, 0) is 9.59 Å². The first-order chi connectivity index (χ1) is 7.19. The molecule has 0 aromatic carbocycles. The molecule has 3 N–H and O–H groups in total. The summed E-state index contributed by atoms with van der Waals surface area (Å²) in [7, 11) is 0. The van der Waals surface area contributed by atoms with Gasteiger partial charge in [-0.2, -0.15) is 0 Å². The van der Waals surface area contributed by atoms with Crippen LogP contribution in [0.2, 0.25) is 0 Å². The van der Waals surface area contributed by atoms with Gasteiger partial charge in [-0.05, 0) is 12.1 Å². The number of oxime groups is 1. The van der Waals surface area contributed by atoms with Crippen molar-refractivity contribution in [2.24, 2.45) is 5.16 Å². The molecular formula is C8H7N3O4. The SMILES string of the molecule is O=CNc1cccc(C(=NO)C(=O)O)n1. The highest BCUT2D eigenvalue weighted by Crippen LogP contribution is 2.05. The third-order valence-electron chi connectivity index (χ3n) is 1.50. The van der Waals surface area contributed by atoms with Crippen LogP contribution in [0.5, 0.6) is 0 Å². The number of aliphatic carboxylic acids is 1. The number of hydrogen-bond donors (Lipinski definition) is 3. The third kappa shape index (κ3) is 2.50. The summed E-state index contributed by atoms with van der Waals surface area (Å²) in [5.74, 6) is -1.24. The van der Waals surface area contributed by atoms with E-state index in [0.29, 0.717) is 6.41 Å². The Morgan fingerprint density at radius 3 is 2.80 bits per heavy atom. The maximum atomic E-state index is 10.6. The average molecular weight is 209 g/mol. The lowest BCUT2D eigenvalue weighted by Gasteiger charge is -2.01.